The Morgan fingerprint density at radius 3 is 2.40 bits per heavy atom. The second-order valence-corrected chi connectivity index (χ2v) is 13.3. The predicted molar refractivity (Wildman–Crippen MR) is 158 cm³/mol. The summed E-state index contributed by atoms with van der Waals surface area (Å²) in [5.41, 5.74) is 7.17. The summed E-state index contributed by atoms with van der Waals surface area (Å²) >= 11 is 0. The number of esters is 1. The van der Waals surface area contributed by atoms with E-state index in [0.717, 1.165) is 5.56 Å². The van der Waals surface area contributed by atoms with Gasteiger partial charge in [0.05, 0.1) is 17.2 Å². The number of alkyl carbamates (subject to hydrolysis) is 1. The molecule has 3 rings (SSSR count). The van der Waals surface area contributed by atoms with Gasteiger partial charge in [-0.3, -0.25) is 9.69 Å². The Morgan fingerprint density at radius 2 is 1.83 bits per heavy atom. The molecule has 42 heavy (non-hydrogen) atoms. The monoisotopic (exact) mass is 587 g/mol. The quantitative estimate of drug-likeness (QED) is 0.123. The van der Waals surface area contributed by atoms with Crippen molar-refractivity contribution in [2.75, 3.05) is 13.1 Å². The number of benzene rings is 1. The second kappa shape index (κ2) is 13.2. The van der Waals surface area contributed by atoms with Crippen molar-refractivity contribution in [2.24, 2.45) is 11.0 Å². The van der Waals surface area contributed by atoms with Gasteiger partial charge < -0.3 is 29.2 Å². The minimum Gasteiger partial charge on any atom is -0.460 e. The van der Waals surface area contributed by atoms with Crippen molar-refractivity contribution in [3.63, 3.8) is 0 Å². The summed E-state index contributed by atoms with van der Waals surface area (Å²) in [4.78, 5) is 30.7. The van der Waals surface area contributed by atoms with Crippen molar-refractivity contribution in [3.8, 4) is 0 Å². The van der Waals surface area contributed by atoms with Crippen LogP contribution in [0, 0.1) is 5.92 Å². The molecule has 2 fully saturated rings. The fourth-order valence-electron chi connectivity index (χ4n) is 5.28. The number of hydrogen-bond acceptors (Lipinski definition) is 9. The number of nitrogens with zero attached hydrogens (tertiary/aromatic N) is 4. The highest BCUT2D eigenvalue weighted by molar-refractivity contribution is 6.45. The molecule has 232 valence electrons. The molecular weight excluding hydrogens is 541 g/mol. The third-order valence-electron chi connectivity index (χ3n) is 8.22. The van der Waals surface area contributed by atoms with Gasteiger partial charge in [0.1, 0.15) is 18.4 Å². The number of azide groups is 1. The Morgan fingerprint density at radius 1 is 1.21 bits per heavy atom. The normalized spacial score (nSPS) is 24.9. The lowest BCUT2D eigenvalue weighted by Gasteiger charge is -2.32. The van der Waals surface area contributed by atoms with Crippen LogP contribution in [0.2, 0.25) is 6.32 Å². The molecule has 2 heterocycles. The second-order valence-electron chi connectivity index (χ2n) is 13.3. The van der Waals surface area contributed by atoms with Crippen LogP contribution < -0.4 is 5.32 Å². The maximum absolute atomic E-state index is 13.7. The fraction of sp³-hybridized carbons (Fsp3) is 0.724. The van der Waals surface area contributed by atoms with E-state index in [0.29, 0.717) is 19.2 Å². The number of carbonyl (C=O) groups is 2. The van der Waals surface area contributed by atoms with E-state index in [9.17, 15) is 20.2 Å². The van der Waals surface area contributed by atoms with Crippen LogP contribution >= 0.6 is 0 Å². The van der Waals surface area contributed by atoms with Gasteiger partial charge in [-0.2, -0.15) is 0 Å². The highest BCUT2D eigenvalue weighted by Gasteiger charge is 2.55. The van der Waals surface area contributed by atoms with E-state index in [1.807, 2.05) is 58.0 Å². The van der Waals surface area contributed by atoms with E-state index in [1.54, 1.807) is 32.6 Å². The third-order valence-corrected chi connectivity index (χ3v) is 8.22. The number of ether oxygens (including phenoxy) is 2. The van der Waals surface area contributed by atoms with Crippen LogP contribution in [-0.4, -0.2) is 76.9 Å². The minimum atomic E-state index is -1.58. The molecule has 0 bridgehead atoms. The van der Waals surface area contributed by atoms with Crippen molar-refractivity contribution in [3.05, 3.63) is 46.3 Å². The first-order chi connectivity index (χ1) is 19.5. The van der Waals surface area contributed by atoms with Crippen LogP contribution in [0.3, 0.4) is 0 Å². The molecule has 2 aliphatic heterocycles. The highest BCUT2D eigenvalue weighted by Crippen LogP contribution is 2.41. The molecule has 2 aliphatic rings. The van der Waals surface area contributed by atoms with Gasteiger partial charge >= 0.3 is 19.2 Å². The summed E-state index contributed by atoms with van der Waals surface area (Å²) in [6.45, 7) is 15.0. The molecule has 0 aromatic heterocycles. The molecular formula is C29H46BN5O7. The summed E-state index contributed by atoms with van der Waals surface area (Å²) in [5, 5.41) is 17.9. The number of aliphatic hydroxyl groups is 1. The van der Waals surface area contributed by atoms with Crippen LogP contribution in [0.25, 0.3) is 10.4 Å². The number of aliphatic hydroxyl groups excluding tert-OH is 1. The Labute approximate surface area is 249 Å². The molecule has 1 aromatic rings. The Bertz CT molecular complexity index is 1120. The largest absolute Gasteiger partial charge is 0.460 e. The smallest absolute Gasteiger partial charge is 0.457 e. The lowest BCUT2D eigenvalue weighted by atomic mass is 9.78. The Kier molecular flexibility index (Phi) is 10.6. The number of amides is 1. The highest BCUT2D eigenvalue weighted by atomic mass is 16.7. The van der Waals surface area contributed by atoms with Gasteiger partial charge in [-0.05, 0) is 85.1 Å². The Hall–Kier alpha value is -2.83. The summed E-state index contributed by atoms with van der Waals surface area (Å²) in [7, 11) is -0.407. The average Bonchev–Trinajstić information content (AvgIpc) is 3.34. The third kappa shape index (κ3) is 8.17. The standard InChI is InChI=1S/C29H46BN5O7/c1-20(32-25(38)40-26(2,3)4)23(36)35-17-22(15-12-16-30-41-27(5,6)28(7,8)42-30)29(19-35,33-34-31)24(37)39-18-21-13-10-9-11-14-21/h9-11,13-14,20,22-23,36H,12,15-19H2,1-8H3,(H,32,38)/t20-,22-,23?,29-/m0/s1. The van der Waals surface area contributed by atoms with Crippen molar-refractivity contribution >= 4 is 19.2 Å². The van der Waals surface area contributed by atoms with E-state index >= 15 is 0 Å². The van der Waals surface area contributed by atoms with E-state index in [1.165, 1.54) is 0 Å². The van der Waals surface area contributed by atoms with Crippen LogP contribution in [0.4, 0.5) is 4.79 Å². The average molecular weight is 588 g/mol. The SMILES string of the molecule is C[C@H](NC(=O)OC(C)(C)C)C(O)N1C[C@H](CCCB2OC(C)(C)C(C)(C)O2)[C@](N=[N+]=[N-])(C(=O)OCc2ccccc2)C1. The lowest BCUT2D eigenvalue weighted by molar-refractivity contribution is -0.153. The molecule has 0 radical (unpaired) electrons. The number of likely N-dealkylation sites (tertiary alicyclic amines) is 1. The number of carbonyl (C=O) groups excluding carboxylic acids is 2. The maximum atomic E-state index is 13.7. The topological polar surface area (TPSA) is 155 Å². The predicted octanol–water partition coefficient (Wildman–Crippen LogP) is 4.81. The van der Waals surface area contributed by atoms with E-state index in [4.69, 9.17) is 18.8 Å². The molecule has 1 amide bonds. The molecule has 2 saturated heterocycles. The number of hydrogen-bond donors (Lipinski definition) is 2. The van der Waals surface area contributed by atoms with Gasteiger partial charge in [-0.25, -0.2) is 4.79 Å². The van der Waals surface area contributed by atoms with Gasteiger partial charge in [0, 0.05) is 18.0 Å². The summed E-state index contributed by atoms with van der Waals surface area (Å²) in [5.74, 6) is -1.13. The zero-order valence-corrected chi connectivity index (χ0v) is 26.1. The Balaban J connectivity index is 1.77. The molecule has 1 aromatic carbocycles. The zero-order valence-electron chi connectivity index (χ0n) is 26.1. The van der Waals surface area contributed by atoms with Gasteiger partial charge in [0.2, 0.25) is 0 Å². The molecule has 1 unspecified atom stereocenters. The molecule has 2 N–H and O–H groups in total. The van der Waals surface area contributed by atoms with E-state index in [2.05, 4.69) is 15.3 Å². The van der Waals surface area contributed by atoms with Gasteiger partial charge in [0.15, 0.2) is 5.54 Å². The molecule has 13 heteroatoms. The summed E-state index contributed by atoms with van der Waals surface area (Å²) < 4.78 is 23.3. The van der Waals surface area contributed by atoms with Gasteiger partial charge in [0.25, 0.3) is 0 Å². The fourth-order valence-corrected chi connectivity index (χ4v) is 5.28. The van der Waals surface area contributed by atoms with Crippen LogP contribution in [-0.2, 0) is 30.2 Å². The van der Waals surface area contributed by atoms with Gasteiger partial charge in [-0.1, -0.05) is 41.9 Å². The zero-order chi connectivity index (χ0) is 31.3. The number of nitrogens with one attached hydrogen (secondary N) is 1. The molecule has 12 nitrogen and oxygen atoms in total. The molecule has 0 spiro atoms. The minimum absolute atomic E-state index is 0.0160. The van der Waals surface area contributed by atoms with E-state index in [-0.39, 0.29) is 19.7 Å². The van der Waals surface area contributed by atoms with Crippen LogP contribution in [0.5, 0.6) is 0 Å². The first-order valence-electron chi connectivity index (χ1n) is 14.5. The first kappa shape index (κ1) is 33.7. The van der Waals surface area contributed by atoms with Gasteiger partial charge in [-0.15, -0.1) is 0 Å². The van der Waals surface area contributed by atoms with E-state index < -0.39 is 59.7 Å². The van der Waals surface area contributed by atoms with Crippen molar-refractivity contribution < 1.29 is 33.5 Å². The lowest BCUT2D eigenvalue weighted by Crippen LogP contribution is -2.52. The van der Waals surface area contributed by atoms with Crippen LogP contribution in [0.15, 0.2) is 35.4 Å². The first-order valence-corrected chi connectivity index (χ1v) is 14.5. The summed E-state index contributed by atoms with van der Waals surface area (Å²) in [6.07, 6.45) is -0.169. The number of rotatable bonds is 11. The molecule has 0 saturated carbocycles. The van der Waals surface area contributed by atoms with Crippen LogP contribution in [0.1, 0.15) is 73.8 Å². The molecule has 4 atom stereocenters. The summed E-state index contributed by atoms with van der Waals surface area (Å²) in [6, 6.07) is 8.49. The van der Waals surface area contributed by atoms with Crippen molar-refractivity contribution in [2.45, 2.75) is 116 Å². The van der Waals surface area contributed by atoms with Crippen molar-refractivity contribution in [1.82, 2.24) is 10.2 Å². The molecule has 0 aliphatic carbocycles. The maximum Gasteiger partial charge on any atom is 0.457 e. The van der Waals surface area contributed by atoms with Crippen molar-refractivity contribution in [1.29, 1.82) is 0 Å².